The molecule has 1 saturated heterocycles. The van der Waals surface area contributed by atoms with Crippen LogP contribution in [0, 0.1) is 5.82 Å². The summed E-state index contributed by atoms with van der Waals surface area (Å²) in [6, 6.07) is 17.1. The van der Waals surface area contributed by atoms with Crippen molar-refractivity contribution in [2.24, 2.45) is 0 Å². The van der Waals surface area contributed by atoms with Gasteiger partial charge in [0.1, 0.15) is 5.82 Å². The van der Waals surface area contributed by atoms with Crippen LogP contribution in [0.25, 0.3) is 5.69 Å². The van der Waals surface area contributed by atoms with Gasteiger partial charge in [0, 0.05) is 23.8 Å². The molecule has 4 nitrogen and oxygen atoms in total. The molecule has 0 radical (unpaired) electrons. The van der Waals surface area contributed by atoms with Crippen molar-refractivity contribution in [2.45, 2.75) is 51.0 Å². The van der Waals surface area contributed by atoms with Crippen LogP contribution in [0.5, 0.6) is 0 Å². The number of hydrogen-bond donors (Lipinski definition) is 0. The highest BCUT2D eigenvalue weighted by Gasteiger charge is 2.34. The van der Waals surface area contributed by atoms with Gasteiger partial charge in [-0.15, -0.1) is 0 Å². The molecule has 154 valence electrons. The third kappa shape index (κ3) is 3.53. The molecule has 1 atom stereocenters. The van der Waals surface area contributed by atoms with Crippen LogP contribution in [0.1, 0.15) is 53.0 Å². The molecule has 0 bridgehead atoms. The molecule has 1 unspecified atom stereocenters. The van der Waals surface area contributed by atoms with E-state index in [-0.39, 0.29) is 17.8 Å². The molecule has 0 saturated carbocycles. The van der Waals surface area contributed by atoms with E-state index in [1.54, 1.807) is 12.1 Å². The molecule has 5 heteroatoms. The highest BCUT2D eigenvalue weighted by molar-refractivity contribution is 5.94. The summed E-state index contributed by atoms with van der Waals surface area (Å²) in [5.74, 6) is -0.207. The number of fused-ring (bicyclic) bond motifs is 1. The predicted molar refractivity (Wildman–Crippen MR) is 114 cm³/mol. The molecule has 1 aliphatic carbocycles. The minimum Gasteiger partial charge on any atom is -0.334 e. The lowest BCUT2D eigenvalue weighted by atomic mass is 10.0. The van der Waals surface area contributed by atoms with Crippen molar-refractivity contribution in [3.05, 3.63) is 82.9 Å². The van der Waals surface area contributed by atoms with Gasteiger partial charge in [-0.25, -0.2) is 9.07 Å². The summed E-state index contributed by atoms with van der Waals surface area (Å²) in [4.78, 5) is 15.6. The Morgan fingerprint density at radius 3 is 2.63 bits per heavy atom. The lowest BCUT2D eigenvalue weighted by Gasteiger charge is -2.24. The van der Waals surface area contributed by atoms with Gasteiger partial charge in [-0.2, -0.15) is 5.10 Å². The van der Waals surface area contributed by atoms with E-state index in [2.05, 4.69) is 24.3 Å². The van der Waals surface area contributed by atoms with E-state index >= 15 is 0 Å². The van der Waals surface area contributed by atoms with Crippen LogP contribution >= 0.6 is 0 Å². The molecule has 1 aromatic heterocycles. The van der Waals surface area contributed by atoms with E-state index in [1.165, 1.54) is 17.7 Å². The first kappa shape index (κ1) is 19.0. The van der Waals surface area contributed by atoms with Crippen LogP contribution in [0.15, 0.2) is 54.6 Å². The maximum Gasteiger partial charge on any atom is 0.274 e. The lowest BCUT2D eigenvalue weighted by Crippen LogP contribution is -2.36. The molecule has 0 N–H and O–H groups in total. The normalized spacial score (nSPS) is 18.0. The molecule has 5 rings (SSSR count). The molecule has 30 heavy (non-hydrogen) atoms. The monoisotopic (exact) mass is 403 g/mol. The molecule has 2 aromatic carbocycles. The Morgan fingerprint density at radius 1 is 1.03 bits per heavy atom. The molecule has 3 aromatic rings. The van der Waals surface area contributed by atoms with E-state index in [9.17, 15) is 9.18 Å². The number of amides is 1. The fourth-order valence-corrected chi connectivity index (χ4v) is 4.92. The number of rotatable bonds is 5. The highest BCUT2D eigenvalue weighted by atomic mass is 19.1. The number of hydrogen-bond acceptors (Lipinski definition) is 2. The maximum atomic E-state index is 13.5. The van der Waals surface area contributed by atoms with Gasteiger partial charge in [0.05, 0.1) is 5.69 Å². The molecule has 2 heterocycles. The zero-order chi connectivity index (χ0) is 20.5. The number of benzene rings is 2. The van der Waals surface area contributed by atoms with Crippen LogP contribution in [-0.2, 0) is 19.3 Å². The average molecular weight is 404 g/mol. The van der Waals surface area contributed by atoms with Gasteiger partial charge < -0.3 is 4.90 Å². The van der Waals surface area contributed by atoms with Crippen LogP contribution in [-0.4, -0.2) is 33.2 Å². The van der Waals surface area contributed by atoms with Gasteiger partial charge in [0.2, 0.25) is 0 Å². The van der Waals surface area contributed by atoms with Crippen molar-refractivity contribution in [3.8, 4) is 5.69 Å². The Kier molecular flexibility index (Phi) is 5.11. The molecular weight excluding hydrogens is 377 g/mol. The zero-order valence-electron chi connectivity index (χ0n) is 17.1. The van der Waals surface area contributed by atoms with Crippen LogP contribution in [0.4, 0.5) is 4.39 Å². The average Bonchev–Trinajstić information content (AvgIpc) is 3.50. The second-order valence-corrected chi connectivity index (χ2v) is 8.33. The zero-order valence-corrected chi connectivity index (χ0v) is 17.1. The molecule has 1 amide bonds. The number of carbonyl (C=O) groups is 1. The number of halogens is 1. The standard InChI is InChI=1S/C25H26FN3O/c26-19-12-15-21(16-13-19)29-23-10-4-9-22(23)24(27-29)25(30)28-17-5-8-20(28)14-11-18-6-2-1-3-7-18/h1-3,6-7,12-13,15-16,20H,4-5,8-11,14,17H2. The van der Waals surface area contributed by atoms with Gasteiger partial charge in [0.15, 0.2) is 5.69 Å². The number of aryl methyl sites for hydroxylation is 1. The third-order valence-corrected chi connectivity index (χ3v) is 6.45. The van der Waals surface area contributed by atoms with Crippen LogP contribution in [0.3, 0.4) is 0 Å². The number of nitrogens with zero attached hydrogens (tertiary/aromatic N) is 3. The van der Waals surface area contributed by atoms with E-state index in [4.69, 9.17) is 5.10 Å². The van der Waals surface area contributed by atoms with Crippen molar-refractivity contribution in [1.82, 2.24) is 14.7 Å². The number of aromatic nitrogens is 2. The molecule has 1 fully saturated rings. The Labute approximate surface area is 176 Å². The molecule has 0 spiro atoms. The van der Waals surface area contributed by atoms with Gasteiger partial charge in [-0.1, -0.05) is 30.3 Å². The minimum atomic E-state index is -0.267. The highest BCUT2D eigenvalue weighted by Crippen LogP contribution is 2.31. The third-order valence-electron chi connectivity index (χ3n) is 6.45. The summed E-state index contributed by atoms with van der Waals surface area (Å²) < 4.78 is 15.2. The quantitative estimate of drug-likeness (QED) is 0.617. The molecular formula is C25H26FN3O. The summed E-state index contributed by atoms with van der Waals surface area (Å²) in [5, 5.41) is 4.73. The molecule has 2 aliphatic rings. The van der Waals surface area contributed by atoms with E-state index in [0.29, 0.717) is 5.69 Å². The topological polar surface area (TPSA) is 38.1 Å². The smallest absolute Gasteiger partial charge is 0.274 e. The second kappa shape index (κ2) is 8.05. The van der Waals surface area contributed by atoms with E-state index in [0.717, 1.165) is 68.4 Å². The first-order valence-corrected chi connectivity index (χ1v) is 10.9. The van der Waals surface area contributed by atoms with Crippen molar-refractivity contribution < 1.29 is 9.18 Å². The summed E-state index contributed by atoms with van der Waals surface area (Å²) in [7, 11) is 0. The maximum absolute atomic E-state index is 13.5. The summed E-state index contributed by atoms with van der Waals surface area (Å²) in [6.45, 7) is 0.802. The van der Waals surface area contributed by atoms with Gasteiger partial charge in [-0.05, 0) is 74.8 Å². The summed E-state index contributed by atoms with van der Waals surface area (Å²) in [6.07, 6.45) is 6.90. The Balaban J connectivity index is 1.39. The second-order valence-electron chi connectivity index (χ2n) is 8.33. The van der Waals surface area contributed by atoms with Crippen LogP contribution < -0.4 is 0 Å². The van der Waals surface area contributed by atoms with E-state index < -0.39 is 0 Å². The van der Waals surface area contributed by atoms with E-state index in [1.807, 2.05) is 15.6 Å². The first-order valence-electron chi connectivity index (χ1n) is 10.9. The Bertz CT molecular complexity index is 1040. The fraction of sp³-hybridized carbons (Fsp3) is 0.360. The lowest BCUT2D eigenvalue weighted by molar-refractivity contribution is 0.0723. The Morgan fingerprint density at radius 2 is 1.83 bits per heavy atom. The van der Waals surface area contributed by atoms with Crippen molar-refractivity contribution in [1.29, 1.82) is 0 Å². The van der Waals surface area contributed by atoms with Crippen LogP contribution in [0.2, 0.25) is 0 Å². The largest absolute Gasteiger partial charge is 0.334 e. The van der Waals surface area contributed by atoms with Crippen molar-refractivity contribution >= 4 is 5.91 Å². The summed E-state index contributed by atoms with van der Waals surface area (Å²) >= 11 is 0. The van der Waals surface area contributed by atoms with Crippen molar-refractivity contribution in [3.63, 3.8) is 0 Å². The number of carbonyl (C=O) groups excluding carboxylic acids is 1. The first-order chi connectivity index (χ1) is 14.7. The number of likely N-dealkylation sites (tertiary alicyclic amines) is 1. The van der Waals surface area contributed by atoms with Gasteiger partial charge in [-0.3, -0.25) is 4.79 Å². The predicted octanol–water partition coefficient (Wildman–Crippen LogP) is 4.74. The minimum absolute atomic E-state index is 0.0598. The summed E-state index contributed by atoms with van der Waals surface area (Å²) in [5.41, 5.74) is 4.91. The van der Waals surface area contributed by atoms with Crippen molar-refractivity contribution in [2.75, 3.05) is 6.54 Å². The van der Waals surface area contributed by atoms with Gasteiger partial charge in [0.25, 0.3) is 5.91 Å². The van der Waals surface area contributed by atoms with Gasteiger partial charge >= 0.3 is 0 Å². The molecule has 1 aliphatic heterocycles. The fourth-order valence-electron chi connectivity index (χ4n) is 4.92. The SMILES string of the molecule is O=C(c1nn(-c2ccc(F)cc2)c2c1CCC2)N1CCCC1CCc1ccccc1. The Hall–Kier alpha value is -2.95.